The Kier molecular flexibility index (Phi) is 6.54. The fourth-order valence-electron chi connectivity index (χ4n) is 3.23. The summed E-state index contributed by atoms with van der Waals surface area (Å²) in [6.45, 7) is 4.40. The van der Waals surface area contributed by atoms with Gasteiger partial charge >= 0.3 is 12.0 Å². The van der Waals surface area contributed by atoms with Gasteiger partial charge in [-0.25, -0.2) is 9.48 Å². The molecular formula is C25H25N5O3. The van der Waals surface area contributed by atoms with Crippen molar-refractivity contribution in [1.29, 1.82) is 0 Å². The van der Waals surface area contributed by atoms with E-state index in [2.05, 4.69) is 20.7 Å². The smallest absolute Gasteiger partial charge is 0.336 e. The largest absolute Gasteiger partial charge is 0.497 e. The molecule has 4 rings (SSSR count). The Bertz CT molecular complexity index is 1230. The van der Waals surface area contributed by atoms with Crippen LogP contribution in [0.4, 0.5) is 16.2 Å². The highest BCUT2D eigenvalue weighted by atomic mass is 16.5. The summed E-state index contributed by atoms with van der Waals surface area (Å²) >= 11 is 0. The topological polar surface area (TPSA) is 90.3 Å². The number of rotatable bonds is 7. The van der Waals surface area contributed by atoms with Crippen LogP contribution in [0.2, 0.25) is 0 Å². The molecule has 1 aromatic heterocycles. The van der Waals surface area contributed by atoms with Gasteiger partial charge in [0.05, 0.1) is 19.4 Å². The summed E-state index contributed by atoms with van der Waals surface area (Å²) in [7, 11) is 1.58. The first-order valence-electron chi connectivity index (χ1n) is 10.5. The zero-order chi connectivity index (χ0) is 23.2. The molecule has 0 bridgehead atoms. The Balaban J connectivity index is 1.52. The highest BCUT2D eigenvalue weighted by Gasteiger charge is 2.15. The molecule has 0 aliphatic rings. The molecule has 0 unspecified atom stereocenters. The molecule has 2 N–H and O–H groups in total. The Morgan fingerprint density at radius 2 is 1.70 bits per heavy atom. The van der Waals surface area contributed by atoms with Gasteiger partial charge in [0.15, 0.2) is 5.82 Å². The minimum Gasteiger partial charge on any atom is -0.497 e. The number of aromatic nitrogens is 3. The molecule has 8 nitrogen and oxygen atoms in total. The van der Waals surface area contributed by atoms with Gasteiger partial charge in [0.1, 0.15) is 5.75 Å². The van der Waals surface area contributed by atoms with E-state index in [1.807, 2.05) is 62.4 Å². The maximum absolute atomic E-state index is 12.4. The molecule has 0 fully saturated rings. The van der Waals surface area contributed by atoms with Crippen LogP contribution in [0, 0.1) is 6.92 Å². The molecule has 0 aliphatic carbocycles. The van der Waals surface area contributed by atoms with Crippen molar-refractivity contribution in [3.8, 4) is 28.8 Å². The summed E-state index contributed by atoms with van der Waals surface area (Å²) in [5, 5.41) is 10.1. The standard InChI is InChI=1S/C25H25N5O3/c1-4-33-25-28-23(18-10-8-17(2)9-11-18)30(29-25)21-14-12-19(13-15-21)26-24(31)27-20-6-5-7-22(16-20)32-3/h5-16H,4H2,1-3H3,(H2,26,27,31). The third-order valence-electron chi connectivity index (χ3n) is 4.87. The summed E-state index contributed by atoms with van der Waals surface area (Å²) in [5.41, 5.74) is 4.16. The first-order chi connectivity index (χ1) is 16.1. The first-order valence-corrected chi connectivity index (χ1v) is 10.5. The molecular weight excluding hydrogens is 418 g/mol. The number of carbonyl (C=O) groups is 1. The number of hydrogen-bond acceptors (Lipinski definition) is 5. The van der Waals surface area contributed by atoms with Crippen LogP contribution in [0.1, 0.15) is 12.5 Å². The molecule has 0 saturated carbocycles. The first kappa shape index (κ1) is 21.9. The number of anilines is 2. The minimum atomic E-state index is -0.351. The van der Waals surface area contributed by atoms with Crippen LogP contribution in [-0.2, 0) is 0 Å². The van der Waals surface area contributed by atoms with Gasteiger partial charge in [-0.05, 0) is 50.2 Å². The van der Waals surface area contributed by atoms with E-state index in [9.17, 15) is 4.79 Å². The summed E-state index contributed by atoms with van der Waals surface area (Å²) in [4.78, 5) is 16.9. The number of carbonyl (C=O) groups excluding carboxylic acids is 1. The average Bonchev–Trinajstić information content (AvgIpc) is 3.24. The summed E-state index contributed by atoms with van der Waals surface area (Å²) in [5.74, 6) is 1.34. The van der Waals surface area contributed by atoms with Gasteiger partial charge in [0.25, 0.3) is 0 Å². The SMILES string of the molecule is CCOc1nc(-c2ccc(C)cc2)n(-c2ccc(NC(=O)Nc3cccc(OC)c3)cc2)n1. The van der Waals surface area contributed by atoms with Gasteiger partial charge in [0.2, 0.25) is 0 Å². The third kappa shape index (κ3) is 5.30. The van der Waals surface area contributed by atoms with Gasteiger partial charge in [0, 0.05) is 23.0 Å². The van der Waals surface area contributed by atoms with Crippen molar-refractivity contribution in [1.82, 2.24) is 14.8 Å². The van der Waals surface area contributed by atoms with Gasteiger partial charge < -0.3 is 20.1 Å². The van der Waals surface area contributed by atoms with Crippen LogP contribution < -0.4 is 20.1 Å². The second-order valence-corrected chi connectivity index (χ2v) is 7.29. The molecule has 3 aromatic carbocycles. The molecule has 168 valence electrons. The van der Waals surface area contributed by atoms with Crippen LogP contribution in [0.5, 0.6) is 11.8 Å². The van der Waals surface area contributed by atoms with Crippen LogP contribution in [0.25, 0.3) is 17.1 Å². The van der Waals surface area contributed by atoms with E-state index >= 15 is 0 Å². The van der Waals surface area contributed by atoms with Crippen molar-refractivity contribution in [2.45, 2.75) is 13.8 Å². The van der Waals surface area contributed by atoms with Crippen molar-refractivity contribution >= 4 is 17.4 Å². The third-order valence-corrected chi connectivity index (χ3v) is 4.87. The fourth-order valence-corrected chi connectivity index (χ4v) is 3.23. The van der Waals surface area contributed by atoms with Crippen molar-refractivity contribution in [2.24, 2.45) is 0 Å². The van der Waals surface area contributed by atoms with Gasteiger partial charge in [-0.15, -0.1) is 5.10 Å². The van der Waals surface area contributed by atoms with E-state index in [-0.39, 0.29) is 6.03 Å². The number of nitrogens with one attached hydrogen (secondary N) is 2. The van der Waals surface area contributed by atoms with Crippen LogP contribution in [0.3, 0.4) is 0 Å². The van der Waals surface area contributed by atoms with Gasteiger partial charge in [-0.3, -0.25) is 0 Å². The molecule has 8 heteroatoms. The van der Waals surface area contributed by atoms with Gasteiger partial charge in [-0.1, -0.05) is 35.9 Å². The summed E-state index contributed by atoms with van der Waals surface area (Å²) < 4.78 is 12.4. The number of urea groups is 1. The quantitative estimate of drug-likeness (QED) is 0.405. The number of aryl methyl sites for hydroxylation is 1. The highest BCUT2D eigenvalue weighted by molar-refractivity contribution is 5.99. The number of ether oxygens (including phenoxy) is 2. The zero-order valence-electron chi connectivity index (χ0n) is 18.7. The Hall–Kier alpha value is -4.33. The second kappa shape index (κ2) is 9.86. The van der Waals surface area contributed by atoms with Crippen molar-refractivity contribution in [2.75, 3.05) is 24.4 Å². The lowest BCUT2D eigenvalue weighted by atomic mass is 10.1. The number of amides is 2. The molecule has 1 heterocycles. The maximum Gasteiger partial charge on any atom is 0.336 e. The lowest BCUT2D eigenvalue weighted by molar-refractivity contribution is 0.262. The molecule has 2 amide bonds. The van der Waals surface area contributed by atoms with E-state index in [1.54, 1.807) is 36.1 Å². The van der Waals surface area contributed by atoms with E-state index in [0.29, 0.717) is 35.6 Å². The molecule has 0 aliphatic heterocycles. The zero-order valence-corrected chi connectivity index (χ0v) is 18.7. The number of methoxy groups -OCH3 is 1. The fraction of sp³-hybridized carbons (Fsp3) is 0.160. The monoisotopic (exact) mass is 443 g/mol. The lowest BCUT2D eigenvalue weighted by Crippen LogP contribution is -2.19. The predicted molar refractivity (Wildman–Crippen MR) is 128 cm³/mol. The number of benzene rings is 3. The summed E-state index contributed by atoms with van der Waals surface area (Å²) in [6, 6.07) is 22.5. The molecule has 0 radical (unpaired) electrons. The number of nitrogens with zero attached hydrogens (tertiary/aromatic N) is 3. The molecule has 0 atom stereocenters. The Morgan fingerprint density at radius 1 is 0.970 bits per heavy atom. The normalized spacial score (nSPS) is 10.5. The predicted octanol–water partition coefficient (Wildman–Crippen LogP) is 5.29. The van der Waals surface area contributed by atoms with E-state index < -0.39 is 0 Å². The molecule has 0 spiro atoms. The second-order valence-electron chi connectivity index (χ2n) is 7.29. The Morgan fingerprint density at radius 3 is 2.39 bits per heavy atom. The van der Waals surface area contributed by atoms with E-state index in [4.69, 9.17) is 9.47 Å². The average molecular weight is 444 g/mol. The van der Waals surface area contributed by atoms with Crippen LogP contribution in [-0.4, -0.2) is 34.5 Å². The van der Waals surface area contributed by atoms with Crippen molar-refractivity contribution in [3.05, 3.63) is 78.4 Å². The summed E-state index contributed by atoms with van der Waals surface area (Å²) in [6.07, 6.45) is 0. The van der Waals surface area contributed by atoms with Crippen LogP contribution in [0.15, 0.2) is 72.8 Å². The molecule has 4 aromatic rings. The van der Waals surface area contributed by atoms with Gasteiger partial charge in [-0.2, -0.15) is 4.98 Å². The number of hydrogen-bond donors (Lipinski definition) is 2. The van der Waals surface area contributed by atoms with E-state index in [1.165, 1.54) is 0 Å². The lowest BCUT2D eigenvalue weighted by Gasteiger charge is -2.10. The minimum absolute atomic E-state index is 0.313. The van der Waals surface area contributed by atoms with Crippen molar-refractivity contribution in [3.63, 3.8) is 0 Å². The Labute approximate surface area is 192 Å². The highest BCUT2D eigenvalue weighted by Crippen LogP contribution is 2.25. The molecule has 0 saturated heterocycles. The van der Waals surface area contributed by atoms with E-state index in [0.717, 1.165) is 16.8 Å². The van der Waals surface area contributed by atoms with Crippen LogP contribution >= 0.6 is 0 Å². The maximum atomic E-state index is 12.4. The van der Waals surface area contributed by atoms with Crippen molar-refractivity contribution < 1.29 is 14.3 Å². The molecule has 33 heavy (non-hydrogen) atoms.